The molecule has 10 aromatic carbocycles. The predicted molar refractivity (Wildman–Crippen MR) is 235 cm³/mol. The van der Waals surface area contributed by atoms with Crippen LogP contribution in [-0.4, -0.2) is 4.98 Å². The van der Waals surface area contributed by atoms with Crippen LogP contribution in [0.4, 0.5) is 17.1 Å². The Labute approximate surface area is 324 Å². The van der Waals surface area contributed by atoms with Crippen LogP contribution in [0.25, 0.3) is 87.9 Å². The molecule has 0 aliphatic carbocycles. The maximum Gasteiger partial charge on any atom is 0.227 e. The summed E-state index contributed by atoms with van der Waals surface area (Å²) in [5.74, 6) is 0.626. The smallest absolute Gasteiger partial charge is 0.227 e. The maximum absolute atomic E-state index is 6.67. The highest BCUT2D eigenvalue weighted by atomic mass is 16.3. The molecule has 1 aromatic heterocycles. The van der Waals surface area contributed by atoms with E-state index in [1.165, 1.54) is 16.3 Å². The van der Waals surface area contributed by atoms with Gasteiger partial charge in [-0.05, 0) is 92.2 Å². The number of aromatic nitrogens is 1. The zero-order valence-corrected chi connectivity index (χ0v) is 30.4. The number of fused-ring (bicyclic) bond motifs is 8. The number of anilines is 3. The van der Waals surface area contributed by atoms with Crippen LogP contribution in [0.1, 0.15) is 0 Å². The number of rotatable bonds is 6. The average molecular weight is 715 g/mol. The monoisotopic (exact) mass is 714 g/mol. The summed E-state index contributed by atoms with van der Waals surface area (Å²) in [5, 5.41) is 9.27. The summed E-state index contributed by atoms with van der Waals surface area (Å²) < 4.78 is 6.67. The van der Waals surface area contributed by atoms with Crippen molar-refractivity contribution in [2.75, 3.05) is 4.90 Å². The Kier molecular flexibility index (Phi) is 7.49. The lowest BCUT2D eigenvalue weighted by molar-refractivity contribution is 0.623. The molecular weight excluding hydrogens is 681 g/mol. The first-order valence-electron chi connectivity index (χ1n) is 19.0. The second-order valence-corrected chi connectivity index (χ2v) is 14.3. The number of nitrogens with zero attached hydrogens (tertiary/aromatic N) is 2. The number of hydrogen-bond acceptors (Lipinski definition) is 3. The molecule has 0 radical (unpaired) electrons. The number of oxazole rings is 1. The van der Waals surface area contributed by atoms with Crippen LogP contribution in [0.15, 0.2) is 211 Å². The Balaban J connectivity index is 1.18. The van der Waals surface area contributed by atoms with E-state index in [4.69, 9.17) is 9.40 Å². The topological polar surface area (TPSA) is 29.3 Å². The maximum atomic E-state index is 6.67. The molecule has 0 fully saturated rings. The van der Waals surface area contributed by atoms with Gasteiger partial charge in [0, 0.05) is 33.0 Å². The van der Waals surface area contributed by atoms with Crippen LogP contribution >= 0.6 is 0 Å². The van der Waals surface area contributed by atoms with Crippen LogP contribution in [0.3, 0.4) is 0 Å². The first-order chi connectivity index (χ1) is 27.8. The highest BCUT2D eigenvalue weighted by molar-refractivity contribution is 6.27. The zero-order chi connectivity index (χ0) is 37.0. The molecule has 0 saturated carbocycles. The van der Waals surface area contributed by atoms with E-state index in [9.17, 15) is 0 Å². The molecule has 0 amide bonds. The Morgan fingerprint density at radius 1 is 0.375 bits per heavy atom. The largest absolute Gasteiger partial charge is 0.435 e. The fraction of sp³-hybridized carbons (Fsp3) is 0. The van der Waals surface area contributed by atoms with E-state index in [1.54, 1.807) is 0 Å². The third-order valence-electron chi connectivity index (χ3n) is 11.0. The second-order valence-electron chi connectivity index (χ2n) is 14.3. The highest BCUT2D eigenvalue weighted by Crippen LogP contribution is 2.46. The Morgan fingerprint density at radius 2 is 1.00 bits per heavy atom. The van der Waals surface area contributed by atoms with E-state index in [0.717, 1.165) is 82.7 Å². The van der Waals surface area contributed by atoms with E-state index in [-0.39, 0.29) is 0 Å². The summed E-state index contributed by atoms with van der Waals surface area (Å²) in [6, 6.07) is 73.7. The molecule has 0 spiro atoms. The van der Waals surface area contributed by atoms with E-state index >= 15 is 0 Å². The summed E-state index contributed by atoms with van der Waals surface area (Å²) in [6.07, 6.45) is 0. The van der Waals surface area contributed by atoms with Gasteiger partial charge in [0.05, 0.1) is 11.4 Å². The van der Waals surface area contributed by atoms with Crippen LogP contribution in [-0.2, 0) is 0 Å². The quantitative estimate of drug-likeness (QED) is 0.161. The minimum atomic E-state index is 0.626. The molecular formula is C53H34N2O. The van der Waals surface area contributed by atoms with Crippen molar-refractivity contribution in [3.8, 4) is 33.7 Å². The molecule has 0 unspecified atom stereocenters. The van der Waals surface area contributed by atoms with Gasteiger partial charge in [0.25, 0.3) is 0 Å². The van der Waals surface area contributed by atoms with Crippen LogP contribution in [0.5, 0.6) is 0 Å². The standard InChI is InChI=1S/C53H34N2O/c1-3-14-36(15-4-1)44-21-9-10-23-48(44)55(43-20-11-19-41(34-43)42-28-25-35-13-7-8-18-40(35)33-42)49-24-12-22-46-45(49)31-29-37-26-27-38-30-32-47-52(51(38)50(37)46)56-53(54-47)39-16-5-2-6-17-39/h1-34H. The van der Waals surface area contributed by atoms with Gasteiger partial charge in [-0.15, -0.1) is 0 Å². The molecule has 262 valence electrons. The Morgan fingerprint density at radius 3 is 1.86 bits per heavy atom. The Bertz CT molecular complexity index is 3260. The minimum absolute atomic E-state index is 0.626. The third-order valence-corrected chi connectivity index (χ3v) is 11.0. The summed E-state index contributed by atoms with van der Waals surface area (Å²) in [4.78, 5) is 7.39. The molecule has 0 aliphatic heterocycles. The lowest BCUT2D eigenvalue weighted by Gasteiger charge is -2.29. The van der Waals surface area contributed by atoms with Crippen molar-refractivity contribution in [3.05, 3.63) is 206 Å². The van der Waals surface area contributed by atoms with Crippen molar-refractivity contribution in [3.63, 3.8) is 0 Å². The Hall–Kier alpha value is -7.49. The zero-order valence-electron chi connectivity index (χ0n) is 30.4. The lowest BCUT2D eigenvalue weighted by Crippen LogP contribution is -2.12. The van der Waals surface area contributed by atoms with E-state index < -0.39 is 0 Å². The molecule has 1 heterocycles. The first kappa shape index (κ1) is 32.0. The van der Waals surface area contributed by atoms with Crippen molar-refractivity contribution in [1.82, 2.24) is 4.98 Å². The van der Waals surface area contributed by atoms with Gasteiger partial charge < -0.3 is 9.32 Å². The van der Waals surface area contributed by atoms with Gasteiger partial charge in [0.1, 0.15) is 5.52 Å². The molecule has 3 heteroatoms. The van der Waals surface area contributed by atoms with E-state index in [0.29, 0.717) is 5.89 Å². The van der Waals surface area contributed by atoms with Gasteiger partial charge in [-0.1, -0.05) is 158 Å². The van der Waals surface area contributed by atoms with Crippen molar-refractivity contribution in [2.24, 2.45) is 0 Å². The molecule has 0 N–H and O–H groups in total. The highest BCUT2D eigenvalue weighted by Gasteiger charge is 2.22. The summed E-state index contributed by atoms with van der Waals surface area (Å²) in [7, 11) is 0. The van der Waals surface area contributed by atoms with Crippen LogP contribution < -0.4 is 4.90 Å². The molecule has 11 rings (SSSR count). The van der Waals surface area contributed by atoms with Gasteiger partial charge in [0.15, 0.2) is 5.58 Å². The van der Waals surface area contributed by atoms with Crippen molar-refractivity contribution >= 4 is 71.3 Å². The van der Waals surface area contributed by atoms with Gasteiger partial charge in [-0.2, -0.15) is 0 Å². The lowest BCUT2D eigenvalue weighted by atomic mass is 9.94. The minimum Gasteiger partial charge on any atom is -0.435 e. The summed E-state index contributed by atoms with van der Waals surface area (Å²) >= 11 is 0. The SMILES string of the molecule is c1ccc(-c2nc3ccc4ccc5ccc6c(N(c7cccc(-c8ccc9ccccc9c8)c7)c7ccccc7-c7ccccc7)cccc6c5c4c3o2)cc1. The third kappa shape index (κ3) is 5.32. The van der Waals surface area contributed by atoms with Gasteiger partial charge in [-0.25, -0.2) is 4.98 Å². The van der Waals surface area contributed by atoms with Crippen LogP contribution in [0.2, 0.25) is 0 Å². The van der Waals surface area contributed by atoms with Crippen LogP contribution in [0, 0.1) is 0 Å². The fourth-order valence-electron chi connectivity index (χ4n) is 8.39. The molecule has 3 nitrogen and oxygen atoms in total. The molecule has 0 atom stereocenters. The molecule has 0 saturated heterocycles. The average Bonchev–Trinajstić information content (AvgIpc) is 3.72. The molecule has 0 aliphatic rings. The second kappa shape index (κ2) is 13.1. The van der Waals surface area contributed by atoms with E-state index in [1.807, 2.05) is 30.3 Å². The van der Waals surface area contributed by atoms with E-state index in [2.05, 4.69) is 181 Å². The normalized spacial score (nSPS) is 11.6. The van der Waals surface area contributed by atoms with Gasteiger partial charge in [0.2, 0.25) is 5.89 Å². The molecule has 11 aromatic rings. The van der Waals surface area contributed by atoms with Gasteiger partial charge >= 0.3 is 0 Å². The molecule has 56 heavy (non-hydrogen) atoms. The number of hydrogen-bond donors (Lipinski definition) is 0. The van der Waals surface area contributed by atoms with Gasteiger partial charge in [-0.3, -0.25) is 0 Å². The molecule has 0 bridgehead atoms. The van der Waals surface area contributed by atoms with Crippen molar-refractivity contribution < 1.29 is 4.42 Å². The van der Waals surface area contributed by atoms with Crippen molar-refractivity contribution in [2.45, 2.75) is 0 Å². The summed E-state index contributed by atoms with van der Waals surface area (Å²) in [6.45, 7) is 0. The predicted octanol–water partition coefficient (Wildman–Crippen LogP) is 14.9. The first-order valence-corrected chi connectivity index (χ1v) is 19.0. The summed E-state index contributed by atoms with van der Waals surface area (Å²) in [5.41, 5.74) is 10.6. The van der Waals surface area contributed by atoms with Crippen molar-refractivity contribution in [1.29, 1.82) is 0 Å². The number of benzene rings is 10. The number of para-hydroxylation sites is 1. The fourth-order valence-corrected chi connectivity index (χ4v) is 8.39.